The van der Waals surface area contributed by atoms with E-state index in [1.165, 1.54) is 0 Å². The van der Waals surface area contributed by atoms with Crippen LogP contribution in [-0.4, -0.2) is 36.1 Å². The first kappa shape index (κ1) is 15.4. The van der Waals surface area contributed by atoms with Gasteiger partial charge in [-0.2, -0.15) is 0 Å². The molecule has 0 amide bonds. The van der Waals surface area contributed by atoms with Crippen LogP contribution in [0.3, 0.4) is 0 Å². The Morgan fingerprint density at radius 2 is 2.04 bits per heavy atom. The Kier molecular flexibility index (Phi) is 4.08. The van der Waals surface area contributed by atoms with Gasteiger partial charge in [0, 0.05) is 55.8 Å². The van der Waals surface area contributed by atoms with Gasteiger partial charge in [0.1, 0.15) is 5.58 Å². The molecule has 0 aliphatic carbocycles. The highest BCUT2D eigenvalue weighted by Gasteiger charge is 2.19. The van der Waals surface area contributed by atoms with Gasteiger partial charge in [-0.1, -0.05) is 12.1 Å². The summed E-state index contributed by atoms with van der Waals surface area (Å²) in [4.78, 5) is 21.0. The molecule has 0 atom stereocenters. The lowest BCUT2D eigenvalue weighted by Gasteiger charge is -2.34. The van der Waals surface area contributed by atoms with Crippen LogP contribution in [0.5, 0.6) is 0 Å². The van der Waals surface area contributed by atoms with Gasteiger partial charge in [0.2, 0.25) is 0 Å². The lowest BCUT2D eigenvalue weighted by atomic mass is 10.1. The van der Waals surface area contributed by atoms with Crippen molar-refractivity contribution in [2.75, 3.05) is 31.1 Å². The highest BCUT2D eigenvalue weighted by atomic mass is 32.1. The molecule has 0 spiro atoms. The van der Waals surface area contributed by atoms with Crippen molar-refractivity contribution in [1.82, 2.24) is 9.88 Å². The average molecular weight is 341 g/mol. The van der Waals surface area contributed by atoms with Crippen molar-refractivity contribution in [2.45, 2.75) is 13.5 Å². The standard InChI is InChI=1S/C18H19N3O2S/c1-13-2-3-15-14(11-17(22)23-16(15)10-13)12-20-5-7-21(8-6-20)18-19-4-9-24-18/h2-4,9-11H,5-8,12H2,1H3. The predicted octanol–water partition coefficient (Wildman–Crippen LogP) is 2.88. The second-order valence-corrected chi connectivity index (χ2v) is 7.04. The zero-order valence-corrected chi connectivity index (χ0v) is 14.4. The van der Waals surface area contributed by atoms with Gasteiger partial charge < -0.3 is 9.32 Å². The normalized spacial score (nSPS) is 16.0. The summed E-state index contributed by atoms with van der Waals surface area (Å²) in [6, 6.07) is 7.67. The first-order valence-electron chi connectivity index (χ1n) is 8.09. The van der Waals surface area contributed by atoms with Crippen LogP contribution in [0.2, 0.25) is 0 Å². The third-order valence-electron chi connectivity index (χ3n) is 4.44. The maximum Gasteiger partial charge on any atom is 0.336 e. The zero-order chi connectivity index (χ0) is 16.5. The van der Waals surface area contributed by atoms with Crippen LogP contribution in [0.15, 0.2) is 45.1 Å². The van der Waals surface area contributed by atoms with Crippen LogP contribution < -0.4 is 10.5 Å². The molecule has 1 fully saturated rings. The number of fused-ring (bicyclic) bond motifs is 1. The van der Waals surface area contributed by atoms with E-state index < -0.39 is 0 Å². The van der Waals surface area contributed by atoms with Gasteiger partial charge in [0.05, 0.1) is 0 Å². The Morgan fingerprint density at radius 3 is 2.79 bits per heavy atom. The highest BCUT2D eigenvalue weighted by molar-refractivity contribution is 7.13. The molecular weight excluding hydrogens is 322 g/mol. The molecule has 1 aliphatic heterocycles. The lowest BCUT2D eigenvalue weighted by molar-refractivity contribution is 0.250. The van der Waals surface area contributed by atoms with Crippen molar-refractivity contribution in [1.29, 1.82) is 0 Å². The zero-order valence-electron chi connectivity index (χ0n) is 13.6. The minimum Gasteiger partial charge on any atom is -0.423 e. The number of benzene rings is 1. The summed E-state index contributed by atoms with van der Waals surface area (Å²) in [5, 5.41) is 4.14. The summed E-state index contributed by atoms with van der Waals surface area (Å²) in [6.45, 7) is 6.64. The van der Waals surface area contributed by atoms with E-state index in [9.17, 15) is 4.79 Å². The molecule has 4 rings (SSSR count). The van der Waals surface area contributed by atoms with E-state index in [1.807, 2.05) is 24.6 Å². The molecule has 1 aliphatic rings. The monoisotopic (exact) mass is 341 g/mol. The summed E-state index contributed by atoms with van der Waals surface area (Å²) >= 11 is 1.68. The van der Waals surface area contributed by atoms with Crippen LogP contribution in [0.4, 0.5) is 5.13 Å². The molecule has 24 heavy (non-hydrogen) atoms. The number of rotatable bonds is 3. The summed E-state index contributed by atoms with van der Waals surface area (Å²) in [7, 11) is 0. The molecule has 3 heterocycles. The van der Waals surface area contributed by atoms with Gasteiger partial charge in [0.15, 0.2) is 5.13 Å². The molecule has 0 unspecified atom stereocenters. The van der Waals surface area contributed by atoms with Crippen molar-refractivity contribution in [3.8, 4) is 0 Å². The molecule has 0 radical (unpaired) electrons. The van der Waals surface area contributed by atoms with Crippen molar-refractivity contribution in [3.63, 3.8) is 0 Å². The van der Waals surface area contributed by atoms with Crippen LogP contribution in [0, 0.1) is 6.92 Å². The molecule has 3 aromatic rings. The topological polar surface area (TPSA) is 49.6 Å². The number of nitrogens with zero attached hydrogens (tertiary/aromatic N) is 3. The number of thiazole rings is 1. The number of aromatic nitrogens is 1. The fourth-order valence-electron chi connectivity index (χ4n) is 3.18. The highest BCUT2D eigenvalue weighted by Crippen LogP contribution is 2.22. The Balaban J connectivity index is 1.52. The predicted molar refractivity (Wildman–Crippen MR) is 96.8 cm³/mol. The molecule has 124 valence electrons. The van der Waals surface area contributed by atoms with Crippen LogP contribution in [0.25, 0.3) is 11.0 Å². The molecule has 0 bridgehead atoms. The fourth-order valence-corrected chi connectivity index (χ4v) is 3.88. The van der Waals surface area contributed by atoms with E-state index in [1.54, 1.807) is 17.4 Å². The summed E-state index contributed by atoms with van der Waals surface area (Å²) in [5.41, 5.74) is 2.55. The largest absolute Gasteiger partial charge is 0.423 e. The number of hydrogen-bond donors (Lipinski definition) is 0. The van der Waals surface area contributed by atoms with Gasteiger partial charge in [-0.3, -0.25) is 4.90 Å². The van der Waals surface area contributed by atoms with Gasteiger partial charge >= 0.3 is 5.63 Å². The molecule has 0 N–H and O–H groups in total. The number of hydrogen-bond acceptors (Lipinski definition) is 6. The molecule has 6 heteroatoms. The third kappa shape index (κ3) is 3.07. The number of anilines is 1. The summed E-state index contributed by atoms with van der Waals surface area (Å²) < 4.78 is 5.35. The maximum absolute atomic E-state index is 11.9. The molecular formula is C18H19N3O2S. The SMILES string of the molecule is Cc1ccc2c(CN3CCN(c4nccs4)CC3)cc(=O)oc2c1. The maximum atomic E-state index is 11.9. The minimum atomic E-state index is -0.274. The Bertz CT molecular complexity index is 896. The first-order chi connectivity index (χ1) is 11.7. The quantitative estimate of drug-likeness (QED) is 0.686. The van der Waals surface area contributed by atoms with Gasteiger partial charge in [-0.15, -0.1) is 11.3 Å². The second-order valence-electron chi connectivity index (χ2n) is 6.17. The molecule has 5 nitrogen and oxygen atoms in total. The van der Waals surface area contributed by atoms with Gasteiger partial charge in [-0.25, -0.2) is 9.78 Å². The first-order valence-corrected chi connectivity index (χ1v) is 8.97. The molecule has 1 saturated heterocycles. The Morgan fingerprint density at radius 1 is 1.21 bits per heavy atom. The van der Waals surface area contributed by atoms with E-state index in [0.717, 1.165) is 54.4 Å². The van der Waals surface area contributed by atoms with Crippen LogP contribution >= 0.6 is 11.3 Å². The second kappa shape index (κ2) is 6.37. The lowest BCUT2D eigenvalue weighted by Crippen LogP contribution is -2.46. The summed E-state index contributed by atoms with van der Waals surface area (Å²) in [5.74, 6) is 0. The van der Waals surface area contributed by atoms with Crippen LogP contribution in [0.1, 0.15) is 11.1 Å². The van der Waals surface area contributed by atoms with E-state index >= 15 is 0 Å². The smallest absolute Gasteiger partial charge is 0.336 e. The molecule has 2 aromatic heterocycles. The number of piperazine rings is 1. The van der Waals surface area contributed by atoms with Crippen LogP contribution in [-0.2, 0) is 6.54 Å². The van der Waals surface area contributed by atoms with Crippen molar-refractivity contribution < 1.29 is 4.42 Å². The third-order valence-corrected chi connectivity index (χ3v) is 5.27. The van der Waals surface area contributed by atoms with E-state index in [0.29, 0.717) is 5.58 Å². The van der Waals surface area contributed by atoms with Crippen molar-refractivity contribution >= 4 is 27.4 Å². The number of aryl methyl sites for hydroxylation is 1. The van der Waals surface area contributed by atoms with E-state index in [-0.39, 0.29) is 5.63 Å². The Hall–Kier alpha value is -2.18. The molecule has 1 aromatic carbocycles. The van der Waals surface area contributed by atoms with Gasteiger partial charge in [0.25, 0.3) is 0 Å². The summed E-state index contributed by atoms with van der Waals surface area (Å²) in [6.07, 6.45) is 1.85. The van der Waals surface area contributed by atoms with E-state index in [2.05, 4.69) is 26.9 Å². The average Bonchev–Trinajstić information content (AvgIpc) is 3.09. The minimum absolute atomic E-state index is 0.274. The van der Waals surface area contributed by atoms with Gasteiger partial charge in [-0.05, 0) is 24.1 Å². The Labute approximate surface area is 144 Å². The van der Waals surface area contributed by atoms with Crippen molar-refractivity contribution in [3.05, 3.63) is 57.4 Å². The molecule has 0 saturated carbocycles. The fraction of sp³-hybridized carbons (Fsp3) is 0.333. The van der Waals surface area contributed by atoms with E-state index in [4.69, 9.17) is 4.42 Å². The van der Waals surface area contributed by atoms with Crippen molar-refractivity contribution in [2.24, 2.45) is 0 Å².